The van der Waals surface area contributed by atoms with Crippen LogP contribution >= 0.6 is 0 Å². The van der Waals surface area contributed by atoms with E-state index in [0.29, 0.717) is 24.9 Å². The van der Waals surface area contributed by atoms with Crippen LogP contribution in [0.25, 0.3) is 0 Å². The van der Waals surface area contributed by atoms with Crippen LogP contribution in [0.15, 0.2) is 4.52 Å². The molecular formula is C11H21N3O3. The smallest absolute Gasteiger partial charge is 0.240 e. The van der Waals surface area contributed by atoms with Gasteiger partial charge in [-0.05, 0) is 13.3 Å². The molecule has 0 saturated heterocycles. The minimum Gasteiger partial charge on any atom is -0.383 e. The van der Waals surface area contributed by atoms with Gasteiger partial charge >= 0.3 is 0 Å². The third kappa shape index (κ3) is 3.76. The van der Waals surface area contributed by atoms with Crippen molar-refractivity contribution in [1.82, 2.24) is 15.5 Å². The second-order valence-electron chi connectivity index (χ2n) is 3.97. The molecule has 1 N–H and O–H groups in total. The van der Waals surface area contributed by atoms with Crippen molar-refractivity contribution in [3.8, 4) is 0 Å². The van der Waals surface area contributed by atoms with Crippen molar-refractivity contribution in [2.45, 2.75) is 32.4 Å². The maximum absolute atomic E-state index is 5.40. The number of rotatable bonds is 8. The van der Waals surface area contributed by atoms with E-state index in [2.05, 4.69) is 15.5 Å². The number of hydrogen-bond donors (Lipinski definition) is 1. The SMILES string of the molecule is CCC(C)(OC)c1noc(CNCCOC)n1. The van der Waals surface area contributed by atoms with Crippen LogP contribution in [-0.2, 0) is 21.6 Å². The average molecular weight is 243 g/mol. The molecule has 1 aromatic heterocycles. The van der Waals surface area contributed by atoms with Gasteiger partial charge in [0.15, 0.2) is 0 Å². The van der Waals surface area contributed by atoms with E-state index in [-0.39, 0.29) is 0 Å². The number of ether oxygens (including phenoxy) is 2. The number of nitrogens with one attached hydrogen (secondary N) is 1. The monoisotopic (exact) mass is 243 g/mol. The molecule has 1 aromatic rings. The van der Waals surface area contributed by atoms with Gasteiger partial charge in [0.25, 0.3) is 0 Å². The van der Waals surface area contributed by atoms with Crippen LogP contribution in [-0.4, -0.2) is 37.5 Å². The molecule has 1 rings (SSSR count). The predicted octanol–water partition coefficient (Wildman–Crippen LogP) is 1.08. The molecule has 0 aliphatic heterocycles. The van der Waals surface area contributed by atoms with Gasteiger partial charge in [-0.3, -0.25) is 0 Å². The molecule has 1 heterocycles. The molecule has 17 heavy (non-hydrogen) atoms. The molecule has 1 unspecified atom stereocenters. The summed E-state index contributed by atoms with van der Waals surface area (Å²) < 4.78 is 15.5. The Labute approximate surface area is 102 Å². The molecule has 0 aliphatic rings. The first kappa shape index (κ1) is 14.1. The lowest BCUT2D eigenvalue weighted by Crippen LogP contribution is -2.25. The second kappa shape index (κ2) is 6.68. The van der Waals surface area contributed by atoms with Crippen molar-refractivity contribution in [1.29, 1.82) is 0 Å². The molecule has 1 atom stereocenters. The van der Waals surface area contributed by atoms with Crippen molar-refractivity contribution in [3.05, 3.63) is 11.7 Å². The van der Waals surface area contributed by atoms with E-state index in [1.54, 1.807) is 14.2 Å². The molecule has 6 nitrogen and oxygen atoms in total. The second-order valence-corrected chi connectivity index (χ2v) is 3.97. The highest BCUT2D eigenvalue weighted by Crippen LogP contribution is 2.25. The van der Waals surface area contributed by atoms with E-state index in [0.717, 1.165) is 13.0 Å². The van der Waals surface area contributed by atoms with Gasteiger partial charge in [-0.1, -0.05) is 12.1 Å². The van der Waals surface area contributed by atoms with Gasteiger partial charge in [-0.2, -0.15) is 4.98 Å². The van der Waals surface area contributed by atoms with E-state index in [1.807, 2.05) is 13.8 Å². The Bertz CT molecular complexity index is 324. The quantitative estimate of drug-likeness (QED) is 0.689. The van der Waals surface area contributed by atoms with E-state index in [1.165, 1.54) is 0 Å². The molecule has 98 valence electrons. The maximum Gasteiger partial charge on any atom is 0.240 e. The van der Waals surface area contributed by atoms with Gasteiger partial charge < -0.3 is 19.3 Å². The fourth-order valence-corrected chi connectivity index (χ4v) is 1.30. The van der Waals surface area contributed by atoms with Crippen LogP contribution in [0.3, 0.4) is 0 Å². The Morgan fingerprint density at radius 3 is 2.76 bits per heavy atom. The predicted molar refractivity (Wildman–Crippen MR) is 62.5 cm³/mol. The van der Waals surface area contributed by atoms with Crippen molar-refractivity contribution in [3.63, 3.8) is 0 Å². The molecule has 0 saturated carbocycles. The Hall–Kier alpha value is -0.980. The topological polar surface area (TPSA) is 69.4 Å². The van der Waals surface area contributed by atoms with Crippen molar-refractivity contribution in [2.75, 3.05) is 27.4 Å². The van der Waals surface area contributed by atoms with E-state index in [4.69, 9.17) is 14.0 Å². The van der Waals surface area contributed by atoms with Gasteiger partial charge in [0, 0.05) is 20.8 Å². The van der Waals surface area contributed by atoms with Gasteiger partial charge in [0.1, 0.15) is 5.60 Å². The summed E-state index contributed by atoms with van der Waals surface area (Å²) in [5, 5.41) is 7.09. The molecule has 0 amide bonds. The summed E-state index contributed by atoms with van der Waals surface area (Å²) in [6.07, 6.45) is 0.791. The van der Waals surface area contributed by atoms with Crippen molar-refractivity contribution < 1.29 is 14.0 Å². The number of methoxy groups -OCH3 is 2. The first-order valence-corrected chi connectivity index (χ1v) is 5.74. The molecule has 6 heteroatoms. The lowest BCUT2D eigenvalue weighted by atomic mass is 10.0. The molecular weight excluding hydrogens is 222 g/mol. The Morgan fingerprint density at radius 2 is 2.18 bits per heavy atom. The van der Waals surface area contributed by atoms with Crippen LogP contribution < -0.4 is 5.32 Å². The van der Waals surface area contributed by atoms with Crippen molar-refractivity contribution >= 4 is 0 Å². The Morgan fingerprint density at radius 1 is 1.41 bits per heavy atom. The third-order valence-corrected chi connectivity index (χ3v) is 2.83. The third-order valence-electron chi connectivity index (χ3n) is 2.83. The lowest BCUT2D eigenvalue weighted by molar-refractivity contribution is -0.0106. The summed E-state index contributed by atoms with van der Waals surface area (Å²) in [7, 11) is 3.31. The molecule has 0 aliphatic carbocycles. The molecule has 0 aromatic carbocycles. The van der Waals surface area contributed by atoms with Crippen molar-refractivity contribution in [2.24, 2.45) is 0 Å². The molecule has 0 bridgehead atoms. The largest absolute Gasteiger partial charge is 0.383 e. The summed E-state index contributed by atoms with van der Waals surface area (Å²) in [4.78, 5) is 4.32. The summed E-state index contributed by atoms with van der Waals surface area (Å²) >= 11 is 0. The zero-order valence-corrected chi connectivity index (χ0v) is 10.9. The number of hydrogen-bond acceptors (Lipinski definition) is 6. The zero-order chi connectivity index (χ0) is 12.7. The van der Waals surface area contributed by atoms with Crippen LogP contribution in [0.5, 0.6) is 0 Å². The van der Waals surface area contributed by atoms with Crippen LogP contribution in [0.1, 0.15) is 32.0 Å². The van der Waals surface area contributed by atoms with E-state index >= 15 is 0 Å². The summed E-state index contributed by atoms with van der Waals surface area (Å²) in [5.41, 5.74) is -0.478. The maximum atomic E-state index is 5.40. The van der Waals surface area contributed by atoms with Crippen LogP contribution in [0.2, 0.25) is 0 Å². The van der Waals surface area contributed by atoms with Gasteiger partial charge in [0.05, 0.1) is 13.2 Å². The standard InChI is InChI=1S/C11H21N3O3/c1-5-11(2,16-4)10-13-9(17-14-10)8-12-6-7-15-3/h12H,5-8H2,1-4H3. The fourth-order valence-electron chi connectivity index (χ4n) is 1.30. The summed E-state index contributed by atoms with van der Waals surface area (Å²) in [5.74, 6) is 1.15. The summed E-state index contributed by atoms with van der Waals surface area (Å²) in [6, 6.07) is 0. The highest BCUT2D eigenvalue weighted by molar-refractivity contribution is 4.98. The highest BCUT2D eigenvalue weighted by atomic mass is 16.5. The van der Waals surface area contributed by atoms with Gasteiger partial charge in [-0.15, -0.1) is 0 Å². The molecule has 0 fully saturated rings. The number of aromatic nitrogens is 2. The Balaban J connectivity index is 2.53. The first-order chi connectivity index (χ1) is 8.16. The summed E-state index contributed by atoms with van der Waals surface area (Å²) in [6.45, 7) is 5.92. The van der Waals surface area contributed by atoms with E-state index in [9.17, 15) is 0 Å². The van der Waals surface area contributed by atoms with Gasteiger partial charge in [0.2, 0.25) is 11.7 Å². The van der Waals surface area contributed by atoms with Gasteiger partial charge in [-0.25, -0.2) is 0 Å². The average Bonchev–Trinajstić information content (AvgIpc) is 2.83. The highest BCUT2D eigenvalue weighted by Gasteiger charge is 2.29. The minimum atomic E-state index is -0.478. The normalized spacial score (nSPS) is 14.8. The first-order valence-electron chi connectivity index (χ1n) is 5.74. The molecule has 0 spiro atoms. The minimum absolute atomic E-state index is 0.478. The number of nitrogens with zero attached hydrogens (tertiary/aromatic N) is 2. The van der Waals surface area contributed by atoms with E-state index < -0.39 is 5.60 Å². The zero-order valence-electron chi connectivity index (χ0n) is 10.9. The fraction of sp³-hybridized carbons (Fsp3) is 0.818. The Kier molecular flexibility index (Phi) is 5.54. The molecule has 0 radical (unpaired) electrons. The van der Waals surface area contributed by atoms with Crippen LogP contribution in [0, 0.1) is 0 Å². The van der Waals surface area contributed by atoms with Crippen LogP contribution in [0.4, 0.5) is 0 Å². The lowest BCUT2D eigenvalue weighted by Gasteiger charge is -2.21.